The first-order chi connectivity index (χ1) is 10.2. The van der Waals surface area contributed by atoms with Gasteiger partial charge in [-0.15, -0.1) is 0 Å². The molecule has 2 aromatic rings. The number of hydrogen-bond donors (Lipinski definition) is 0. The number of aromatic nitrogens is 1. The zero-order valence-electron chi connectivity index (χ0n) is 11.0. The third-order valence-corrected chi connectivity index (χ3v) is 3.61. The van der Waals surface area contributed by atoms with Crippen LogP contribution in [0.2, 0.25) is 0 Å². The summed E-state index contributed by atoms with van der Waals surface area (Å²) in [5.74, 6) is -0.836. The van der Waals surface area contributed by atoms with Crippen LogP contribution in [0.1, 0.15) is 11.1 Å². The highest BCUT2D eigenvalue weighted by Crippen LogP contribution is 2.32. The second-order valence-corrected chi connectivity index (χ2v) is 4.98. The van der Waals surface area contributed by atoms with Gasteiger partial charge in [-0.3, -0.25) is 19.5 Å². The first kappa shape index (κ1) is 13.5. The van der Waals surface area contributed by atoms with E-state index in [0.29, 0.717) is 5.56 Å². The van der Waals surface area contributed by atoms with Gasteiger partial charge in [-0.25, -0.2) is 0 Å². The summed E-state index contributed by atoms with van der Waals surface area (Å²) >= 11 is 6.07. The van der Waals surface area contributed by atoms with E-state index in [1.54, 1.807) is 24.5 Å². The van der Waals surface area contributed by atoms with E-state index in [1.807, 2.05) is 30.3 Å². The molecule has 0 unspecified atom stereocenters. The number of hydrogen-bond acceptors (Lipinski definition) is 3. The summed E-state index contributed by atoms with van der Waals surface area (Å²) < 4.78 is 0. The molecule has 21 heavy (non-hydrogen) atoms. The largest absolute Gasteiger partial charge is 0.273 e. The molecule has 0 N–H and O–H groups in total. The first-order valence-corrected chi connectivity index (χ1v) is 6.76. The molecule has 0 fully saturated rings. The Morgan fingerprint density at radius 1 is 0.952 bits per heavy atom. The van der Waals surface area contributed by atoms with Gasteiger partial charge in [0.05, 0.1) is 12.1 Å². The SMILES string of the molecule is O=C1C(Cl)=C(c2ccncc2)C(=O)N1Cc1ccccc1. The van der Waals surface area contributed by atoms with Crippen LogP contribution in [-0.2, 0) is 16.1 Å². The first-order valence-electron chi connectivity index (χ1n) is 6.39. The molecule has 5 heteroatoms. The second-order valence-electron chi connectivity index (χ2n) is 4.61. The minimum atomic E-state index is -0.461. The number of rotatable bonds is 3. The number of amides is 2. The summed E-state index contributed by atoms with van der Waals surface area (Å²) in [6.45, 7) is 0.212. The Bertz CT molecular complexity index is 726. The van der Waals surface area contributed by atoms with E-state index in [9.17, 15) is 9.59 Å². The minimum absolute atomic E-state index is 0.0397. The zero-order valence-corrected chi connectivity index (χ0v) is 11.7. The number of nitrogens with zero attached hydrogens (tertiary/aromatic N) is 2. The molecule has 1 aromatic heterocycles. The van der Waals surface area contributed by atoms with Crippen molar-refractivity contribution in [1.82, 2.24) is 9.88 Å². The number of halogens is 1. The maximum atomic E-state index is 12.5. The van der Waals surface area contributed by atoms with Gasteiger partial charge in [-0.2, -0.15) is 0 Å². The van der Waals surface area contributed by atoms with Crippen LogP contribution >= 0.6 is 11.6 Å². The normalized spacial score (nSPS) is 15.0. The van der Waals surface area contributed by atoms with Gasteiger partial charge in [0.25, 0.3) is 11.8 Å². The van der Waals surface area contributed by atoms with Crippen LogP contribution in [0.4, 0.5) is 0 Å². The van der Waals surface area contributed by atoms with Gasteiger partial charge >= 0.3 is 0 Å². The van der Waals surface area contributed by atoms with Gasteiger partial charge in [0, 0.05) is 12.4 Å². The molecule has 1 aliphatic rings. The summed E-state index contributed by atoms with van der Waals surface area (Å²) in [6.07, 6.45) is 3.12. The van der Waals surface area contributed by atoms with E-state index < -0.39 is 5.91 Å². The van der Waals surface area contributed by atoms with Crippen molar-refractivity contribution >= 4 is 29.0 Å². The average molecular weight is 299 g/mol. The van der Waals surface area contributed by atoms with Gasteiger partial charge < -0.3 is 0 Å². The molecule has 0 aliphatic carbocycles. The number of benzene rings is 1. The Morgan fingerprint density at radius 2 is 1.62 bits per heavy atom. The highest BCUT2D eigenvalue weighted by molar-refractivity contribution is 6.55. The molecule has 2 amide bonds. The van der Waals surface area contributed by atoms with E-state index in [0.717, 1.165) is 10.5 Å². The van der Waals surface area contributed by atoms with Crippen LogP contribution in [-0.4, -0.2) is 21.7 Å². The molecule has 0 atom stereocenters. The van der Waals surface area contributed by atoms with Crippen molar-refractivity contribution in [3.05, 3.63) is 71.0 Å². The van der Waals surface area contributed by atoms with Crippen LogP contribution < -0.4 is 0 Å². The van der Waals surface area contributed by atoms with Crippen molar-refractivity contribution in [2.45, 2.75) is 6.54 Å². The Morgan fingerprint density at radius 3 is 2.29 bits per heavy atom. The van der Waals surface area contributed by atoms with Gasteiger partial charge in [0.2, 0.25) is 0 Å². The standard InChI is InChI=1S/C16H11ClN2O2/c17-14-13(12-6-8-18-9-7-12)15(20)19(16(14)21)10-11-4-2-1-3-5-11/h1-9H,10H2. The smallest absolute Gasteiger partial charge is 0.269 e. The maximum Gasteiger partial charge on any atom is 0.273 e. The molecule has 0 saturated heterocycles. The van der Waals surface area contributed by atoms with Gasteiger partial charge in [-0.05, 0) is 23.3 Å². The van der Waals surface area contributed by atoms with Gasteiger partial charge in [-0.1, -0.05) is 41.9 Å². The lowest BCUT2D eigenvalue weighted by Gasteiger charge is -2.14. The second kappa shape index (κ2) is 5.50. The molecule has 0 saturated carbocycles. The molecule has 0 bridgehead atoms. The zero-order chi connectivity index (χ0) is 14.8. The summed E-state index contributed by atoms with van der Waals surface area (Å²) in [5.41, 5.74) is 1.71. The molecule has 104 valence electrons. The summed E-state index contributed by atoms with van der Waals surface area (Å²) in [5, 5.41) is -0.0397. The summed E-state index contributed by atoms with van der Waals surface area (Å²) in [7, 11) is 0. The molecule has 0 spiro atoms. The van der Waals surface area contributed by atoms with E-state index in [1.165, 1.54) is 0 Å². The Kier molecular flexibility index (Phi) is 3.54. The van der Waals surface area contributed by atoms with Crippen molar-refractivity contribution in [1.29, 1.82) is 0 Å². The lowest BCUT2D eigenvalue weighted by molar-refractivity contribution is -0.137. The molecule has 1 aromatic carbocycles. The predicted octanol–water partition coefficient (Wildman–Crippen LogP) is 2.60. The summed E-state index contributed by atoms with van der Waals surface area (Å²) in [4.78, 5) is 29.7. The van der Waals surface area contributed by atoms with Crippen LogP contribution in [0, 0.1) is 0 Å². The van der Waals surface area contributed by atoms with Crippen LogP contribution in [0.25, 0.3) is 5.57 Å². The highest BCUT2D eigenvalue weighted by Gasteiger charge is 2.37. The Hall–Kier alpha value is -2.46. The minimum Gasteiger partial charge on any atom is -0.269 e. The fourth-order valence-electron chi connectivity index (χ4n) is 2.22. The molecular formula is C16H11ClN2O2. The predicted molar refractivity (Wildman–Crippen MR) is 79.0 cm³/mol. The van der Waals surface area contributed by atoms with E-state index in [4.69, 9.17) is 11.6 Å². The summed E-state index contributed by atoms with van der Waals surface area (Å²) in [6, 6.07) is 12.6. The number of imide groups is 1. The third kappa shape index (κ3) is 2.45. The quantitative estimate of drug-likeness (QED) is 0.819. The van der Waals surface area contributed by atoms with Crippen molar-refractivity contribution in [3.63, 3.8) is 0 Å². The molecule has 3 rings (SSSR count). The van der Waals surface area contributed by atoms with Crippen molar-refractivity contribution in [3.8, 4) is 0 Å². The topological polar surface area (TPSA) is 50.3 Å². The van der Waals surface area contributed by atoms with E-state index in [2.05, 4.69) is 4.98 Å². The number of pyridine rings is 1. The Balaban J connectivity index is 1.92. The van der Waals surface area contributed by atoms with Gasteiger partial charge in [0.15, 0.2) is 0 Å². The highest BCUT2D eigenvalue weighted by atomic mass is 35.5. The maximum absolute atomic E-state index is 12.5. The van der Waals surface area contributed by atoms with Crippen LogP contribution in [0.3, 0.4) is 0 Å². The molecule has 4 nitrogen and oxygen atoms in total. The lowest BCUT2D eigenvalue weighted by atomic mass is 10.1. The molecular weight excluding hydrogens is 288 g/mol. The number of carbonyl (C=O) groups is 2. The molecule has 1 aliphatic heterocycles. The lowest BCUT2D eigenvalue weighted by Crippen LogP contribution is -2.30. The van der Waals surface area contributed by atoms with Crippen LogP contribution in [0.15, 0.2) is 59.9 Å². The monoisotopic (exact) mass is 298 g/mol. The van der Waals surface area contributed by atoms with E-state index >= 15 is 0 Å². The average Bonchev–Trinajstić information content (AvgIpc) is 2.73. The Labute approximate surface area is 126 Å². The molecule has 0 radical (unpaired) electrons. The number of carbonyl (C=O) groups excluding carboxylic acids is 2. The fraction of sp³-hybridized carbons (Fsp3) is 0.0625. The van der Waals surface area contributed by atoms with E-state index in [-0.39, 0.29) is 23.1 Å². The van der Waals surface area contributed by atoms with Crippen molar-refractivity contribution in [2.24, 2.45) is 0 Å². The van der Waals surface area contributed by atoms with Gasteiger partial charge in [0.1, 0.15) is 5.03 Å². The van der Waals surface area contributed by atoms with Crippen molar-refractivity contribution < 1.29 is 9.59 Å². The van der Waals surface area contributed by atoms with Crippen LogP contribution in [0.5, 0.6) is 0 Å². The third-order valence-electron chi connectivity index (χ3n) is 3.26. The molecule has 2 heterocycles. The fourth-order valence-corrected chi connectivity index (χ4v) is 2.52. The van der Waals surface area contributed by atoms with Crippen molar-refractivity contribution in [2.75, 3.05) is 0 Å².